The Labute approximate surface area is 161 Å². The molecule has 6 nitrogen and oxygen atoms in total. The second kappa shape index (κ2) is 9.43. The van der Waals surface area contributed by atoms with Crippen LogP contribution in [-0.4, -0.2) is 32.6 Å². The van der Waals surface area contributed by atoms with Crippen molar-refractivity contribution in [1.82, 2.24) is 5.32 Å². The van der Waals surface area contributed by atoms with E-state index < -0.39 is 17.9 Å². The Morgan fingerprint density at radius 3 is 2.46 bits per heavy atom. The average molecular weight is 397 g/mol. The van der Waals surface area contributed by atoms with Crippen LogP contribution in [0.25, 0.3) is 0 Å². The van der Waals surface area contributed by atoms with Gasteiger partial charge in [-0.05, 0) is 24.3 Å². The molecule has 2 amide bonds. The first kappa shape index (κ1) is 20.0. The minimum absolute atomic E-state index is 0.0825. The van der Waals surface area contributed by atoms with Crippen LogP contribution in [0.3, 0.4) is 0 Å². The van der Waals surface area contributed by atoms with Crippen molar-refractivity contribution in [1.29, 1.82) is 0 Å². The smallest absolute Gasteiger partial charge is 0.313 e. The Balaban J connectivity index is 2.00. The van der Waals surface area contributed by atoms with Crippen LogP contribution in [-0.2, 0) is 14.3 Å². The van der Waals surface area contributed by atoms with Gasteiger partial charge in [-0.25, -0.2) is 0 Å². The molecule has 0 bridgehead atoms. The lowest BCUT2D eigenvalue weighted by molar-refractivity contribution is -0.136. The molecule has 2 aromatic rings. The zero-order valence-electron chi connectivity index (χ0n) is 14.2. The molecule has 0 saturated heterocycles. The van der Waals surface area contributed by atoms with Crippen LogP contribution in [0.1, 0.15) is 11.7 Å². The molecule has 0 saturated carbocycles. The lowest BCUT2D eigenvalue weighted by Crippen LogP contribution is -2.38. The monoisotopic (exact) mass is 396 g/mol. The first-order chi connectivity index (χ1) is 12.5. The molecule has 0 radical (unpaired) electrons. The summed E-state index contributed by atoms with van der Waals surface area (Å²) in [7, 11) is 2.95. The molecule has 0 heterocycles. The van der Waals surface area contributed by atoms with Gasteiger partial charge in [-0.3, -0.25) is 9.59 Å². The van der Waals surface area contributed by atoms with Crippen molar-refractivity contribution >= 4 is 40.7 Å². The Morgan fingerprint density at radius 2 is 1.81 bits per heavy atom. The molecule has 138 valence electrons. The highest BCUT2D eigenvalue weighted by Gasteiger charge is 2.19. The molecular weight excluding hydrogens is 379 g/mol. The van der Waals surface area contributed by atoms with E-state index in [1.165, 1.54) is 20.3 Å². The Morgan fingerprint density at radius 1 is 1.08 bits per heavy atom. The number of rotatable bonds is 6. The van der Waals surface area contributed by atoms with Gasteiger partial charge >= 0.3 is 11.8 Å². The predicted octanol–water partition coefficient (Wildman–Crippen LogP) is 3.44. The van der Waals surface area contributed by atoms with E-state index in [0.29, 0.717) is 27.0 Å². The minimum Gasteiger partial charge on any atom is -0.495 e. The number of benzene rings is 2. The summed E-state index contributed by atoms with van der Waals surface area (Å²) in [6, 6.07) is 11.8. The summed E-state index contributed by atoms with van der Waals surface area (Å²) in [6.45, 7) is 0.0825. The van der Waals surface area contributed by atoms with E-state index in [2.05, 4.69) is 10.6 Å². The molecule has 0 unspecified atom stereocenters. The maximum Gasteiger partial charge on any atom is 0.313 e. The number of hydrogen-bond donors (Lipinski definition) is 2. The largest absolute Gasteiger partial charge is 0.495 e. The van der Waals surface area contributed by atoms with Gasteiger partial charge in [0.2, 0.25) is 0 Å². The molecule has 0 aliphatic rings. The van der Waals surface area contributed by atoms with E-state index in [-0.39, 0.29) is 6.54 Å². The molecule has 1 atom stereocenters. The first-order valence-corrected chi connectivity index (χ1v) is 8.41. The number of hydrogen-bond acceptors (Lipinski definition) is 4. The fraction of sp³-hybridized carbons (Fsp3) is 0.222. The SMILES string of the molecule is COc1ccc(Cl)cc1NC(=O)C(=O)NC[C@@H](OC)c1ccccc1Cl. The van der Waals surface area contributed by atoms with Crippen LogP contribution >= 0.6 is 23.2 Å². The van der Waals surface area contributed by atoms with Gasteiger partial charge in [-0.15, -0.1) is 0 Å². The summed E-state index contributed by atoms with van der Waals surface area (Å²) < 4.78 is 10.5. The number of amides is 2. The number of carbonyl (C=O) groups excluding carboxylic acids is 2. The van der Waals surface area contributed by atoms with Gasteiger partial charge in [0.1, 0.15) is 11.9 Å². The second-order valence-corrected chi connectivity index (χ2v) is 6.10. The fourth-order valence-corrected chi connectivity index (χ4v) is 2.71. The van der Waals surface area contributed by atoms with Crippen molar-refractivity contribution in [2.75, 3.05) is 26.1 Å². The number of nitrogens with one attached hydrogen (secondary N) is 2. The molecule has 2 N–H and O–H groups in total. The minimum atomic E-state index is -0.848. The topological polar surface area (TPSA) is 76.7 Å². The molecule has 8 heteroatoms. The van der Waals surface area contributed by atoms with E-state index in [0.717, 1.165) is 0 Å². The lowest BCUT2D eigenvalue weighted by Gasteiger charge is -2.17. The van der Waals surface area contributed by atoms with Crippen molar-refractivity contribution in [2.45, 2.75) is 6.10 Å². The quantitative estimate of drug-likeness (QED) is 0.733. The fourth-order valence-electron chi connectivity index (χ4n) is 2.28. The van der Waals surface area contributed by atoms with Crippen molar-refractivity contribution in [3.05, 3.63) is 58.1 Å². The van der Waals surface area contributed by atoms with Crippen LogP contribution in [0.15, 0.2) is 42.5 Å². The third-order valence-corrected chi connectivity index (χ3v) is 4.18. The van der Waals surface area contributed by atoms with Crippen molar-refractivity contribution < 1.29 is 19.1 Å². The Bertz CT molecular complexity index is 799. The third kappa shape index (κ3) is 5.11. The maximum atomic E-state index is 12.1. The molecule has 26 heavy (non-hydrogen) atoms. The van der Waals surface area contributed by atoms with Crippen LogP contribution in [0.2, 0.25) is 10.0 Å². The molecule has 0 fully saturated rings. The zero-order valence-corrected chi connectivity index (χ0v) is 15.7. The molecule has 0 aliphatic heterocycles. The Kier molecular flexibility index (Phi) is 7.26. The van der Waals surface area contributed by atoms with Gasteiger partial charge in [0.25, 0.3) is 0 Å². The number of methoxy groups -OCH3 is 2. The molecule has 0 aromatic heterocycles. The highest BCUT2D eigenvalue weighted by atomic mass is 35.5. The molecular formula is C18H18Cl2N2O4. The highest BCUT2D eigenvalue weighted by molar-refractivity contribution is 6.40. The molecule has 0 spiro atoms. The summed E-state index contributed by atoms with van der Waals surface area (Å²) in [5.74, 6) is -1.28. The van der Waals surface area contributed by atoms with Gasteiger partial charge < -0.3 is 20.1 Å². The second-order valence-electron chi connectivity index (χ2n) is 5.25. The van der Waals surface area contributed by atoms with Gasteiger partial charge in [0.15, 0.2) is 0 Å². The Hall–Kier alpha value is -2.28. The normalized spacial score (nSPS) is 11.5. The summed E-state index contributed by atoms with van der Waals surface area (Å²) in [5, 5.41) is 5.91. The average Bonchev–Trinajstić information content (AvgIpc) is 2.63. The third-order valence-electron chi connectivity index (χ3n) is 3.60. The molecule has 2 aromatic carbocycles. The first-order valence-electron chi connectivity index (χ1n) is 7.66. The summed E-state index contributed by atoms with van der Waals surface area (Å²) >= 11 is 12.0. The van der Waals surface area contributed by atoms with Crippen molar-refractivity contribution in [3.63, 3.8) is 0 Å². The van der Waals surface area contributed by atoms with E-state index in [1.807, 2.05) is 6.07 Å². The van der Waals surface area contributed by atoms with Gasteiger partial charge in [0, 0.05) is 29.3 Å². The van der Waals surface area contributed by atoms with E-state index in [1.54, 1.807) is 30.3 Å². The zero-order chi connectivity index (χ0) is 19.1. The number of carbonyl (C=O) groups is 2. The van der Waals surface area contributed by atoms with Crippen LogP contribution < -0.4 is 15.4 Å². The number of halogens is 2. The van der Waals surface area contributed by atoms with Gasteiger partial charge in [-0.2, -0.15) is 0 Å². The predicted molar refractivity (Wildman–Crippen MR) is 101 cm³/mol. The van der Waals surface area contributed by atoms with Gasteiger partial charge in [-0.1, -0.05) is 41.4 Å². The van der Waals surface area contributed by atoms with E-state index in [9.17, 15) is 9.59 Å². The van der Waals surface area contributed by atoms with E-state index >= 15 is 0 Å². The number of ether oxygens (including phenoxy) is 2. The number of anilines is 1. The van der Waals surface area contributed by atoms with Crippen LogP contribution in [0.5, 0.6) is 5.75 Å². The maximum absolute atomic E-state index is 12.1. The van der Waals surface area contributed by atoms with Crippen molar-refractivity contribution in [2.24, 2.45) is 0 Å². The molecule has 2 rings (SSSR count). The van der Waals surface area contributed by atoms with Crippen molar-refractivity contribution in [3.8, 4) is 5.75 Å². The lowest BCUT2D eigenvalue weighted by atomic mass is 10.1. The summed E-state index contributed by atoms with van der Waals surface area (Å²) in [5.41, 5.74) is 1.02. The van der Waals surface area contributed by atoms with E-state index in [4.69, 9.17) is 32.7 Å². The van der Waals surface area contributed by atoms with Crippen LogP contribution in [0.4, 0.5) is 5.69 Å². The molecule has 0 aliphatic carbocycles. The highest BCUT2D eigenvalue weighted by Crippen LogP contribution is 2.27. The summed E-state index contributed by atoms with van der Waals surface area (Å²) in [4.78, 5) is 24.2. The standard InChI is InChI=1S/C18H18Cl2N2O4/c1-25-15-8-7-11(19)9-14(15)22-18(24)17(23)21-10-16(26-2)12-5-3-4-6-13(12)20/h3-9,16H,10H2,1-2H3,(H,21,23)(H,22,24)/t16-/m1/s1. The van der Waals surface area contributed by atoms with Crippen LogP contribution in [0, 0.1) is 0 Å². The summed E-state index contributed by atoms with van der Waals surface area (Å²) in [6.07, 6.45) is -0.485. The van der Waals surface area contributed by atoms with Gasteiger partial charge in [0.05, 0.1) is 12.8 Å².